The Morgan fingerprint density at radius 3 is 3.00 bits per heavy atom. The van der Waals surface area contributed by atoms with Crippen molar-refractivity contribution in [1.29, 1.82) is 0 Å². The van der Waals surface area contributed by atoms with Crippen LogP contribution in [0, 0.1) is 0 Å². The van der Waals surface area contributed by atoms with Crippen molar-refractivity contribution in [3.05, 3.63) is 53.3 Å². The Morgan fingerprint density at radius 1 is 1.45 bits per heavy atom. The number of aromatic nitrogens is 2. The number of oxazole rings is 1. The number of halogens is 1. The van der Waals surface area contributed by atoms with Gasteiger partial charge in [-0.2, -0.15) is 0 Å². The van der Waals surface area contributed by atoms with Gasteiger partial charge in [-0.25, -0.2) is 4.98 Å². The zero-order valence-electron chi connectivity index (χ0n) is 10.4. The van der Waals surface area contributed by atoms with E-state index in [1.807, 2.05) is 10.6 Å². The Morgan fingerprint density at radius 2 is 2.30 bits per heavy atom. The maximum absolute atomic E-state index is 11.0. The fourth-order valence-corrected chi connectivity index (χ4v) is 2.43. The lowest BCUT2D eigenvalue weighted by Crippen LogP contribution is -2.00. The molecule has 20 heavy (non-hydrogen) atoms. The molecule has 0 aliphatic carbocycles. The SMILES string of the molecule is O=C(O)Cc1cn(Cc2ncco2)c2ccc(Cl)cc12. The summed E-state index contributed by atoms with van der Waals surface area (Å²) < 4.78 is 7.14. The smallest absolute Gasteiger partial charge is 0.307 e. The Hall–Kier alpha value is -2.27. The van der Waals surface area contributed by atoms with Crippen molar-refractivity contribution in [3.8, 4) is 0 Å². The minimum Gasteiger partial charge on any atom is -0.481 e. The third kappa shape index (κ3) is 2.40. The Labute approximate surface area is 119 Å². The van der Waals surface area contributed by atoms with Gasteiger partial charge < -0.3 is 14.1 Å². The van der Waals surface area contributed by atoms with Crippen molar-refractivity contribution in [3.63, 3.8) is 0 Å². The first-order chi connectivity index (χ1) is 9.63. The molecule has 0 aliphatic heterocycles. The number of fused-ring (bicyclic) bond motifs is 1. The fraction of sp³-hybridized carbons (Fsp3) is 0.143. The van der Waals surface area contributed by atoms with Gasteiger partial charge in [0.05, 0.1) is 19.2 Å². The molecular weight excluding hydrogens is 280 g/mol. The molecule has 0 fully saturated rings. The van der Waals surface area contributed by atoms with Crippen LogP contribution >= 0.6 is 11.6 Å². The molecule has 0 saturated carbocycles. The van der Waals surface area contributed by atoms with Crippen LogP contribution < -0.4 is 0 Å². The molecule has 0 saturated heterocycles. The third-order valence-electron chi connectivity index (χ3n) is 3.06. The third-order valence-corrected chi connectivity index (χ3v) is 3.29. The van der Waals surface area contributed by atoms with E-state index in [0.717, 1.165) is 16.5 Å². The average Bonchev–Trinajstić information content (AvgIpc) is 2.99. The van der Waals surface area contributed by atoms with E-state index < -0.39 is 5.97 Å². The van der Waals surface area contributed by atoms with Gasteiger partial charge >= 0.3 is 5.97 Å². The minimum absolute atomic E-state index is 0.0462. The van der Waals surface area contributed by atoms with Gasteiger partial charge in [-0.15, -0.1) is 0 Å². The monoisotopic (exact) mass is 290 g/mol. The highest BCUT2D eigenvalue weighted by Crippen LogP contribution is 2.26. The highest BCUT2D eigenvalue weighted by atomic mass is 35.5. The summed E-state index contributed by atoms with van der Waals surface area (Å²) in [6.45, 7) is 0.449. The van der Waals surface area contributed by atoms with Gasteiger partial charge in [-0.05, 0) is 23.8 Å². The summed E-state index contributed by atoms with van der Waals surface area (Å²) in [7, 11) is 0. The molecule has 2 heterocycles. The quantitative estimate of drug-likeness (QED) is 0.802. The molecule has 0 radical (unpaired) electrons. The summed E-state index contributed by atoms with van der Waals surface area (Å²) in [4.78, 5) is 15.0. The van der Waals surface area contributed by atoms with Crippen LogP contribution in [0.3, 0.4) is 0 Å². The molecule has 0 atom stereocenters. The van der Waals surface area contributed by atoms with Crippen molar-refractivity contribution in [2.45, 2.75) is 13.0 Å². The second-order valence-corrected chi connectivity index (χ2v) is 4.88. The van der Waals surface area contributed by atoms with E-state index in [9.17, 15) is 4.79 Å². The summed E-state index contributed by atoms with van der Waals surface area (Å²) in [6.07, 6.45) is 4.85. The molecule has 3 rings (SSSR count). The molecule has 5 nitrogen and oxygen atoms in total. The molecule has 1 aromatic carbocycles. The van der Waals surface area contributed by atoms with Gasteiger partial charge in [0.15, 0.2) is 0 Å². The Bertz CT molecular complexity index is 762. The Kier molecular flexibility index (Phi) is 3.20. The van der Waals surface area contributed by atoms with E-state index >= 15 is 0 Å². The van der Waals surface area contributed by atoms with Crippen molar-refractivity contribution in [1.82, 2.24) is 9.55 Å². The van der Waals surface area contributed by atoms with Crippen LogP contribution in [-0.2, 0) is 17.8 Å². The molecular formula is C14H11ClN2O3. The lowest BCUT2D eigenvalue weighted by Gasteiger charge is -2.01. The van der Waals surface area contributed by atoms with Crippen LogP contribution in [0.5, 0.6) is 0 Å². The van der Waals surface area contributed by atoms with E-state index in [4.69, 9.17) is 21.1 Å². The molecule has 0 spiro atoms. The molecule has 6 heteroatoms. The normalized spacial score (nSPS) is 11.1. The second-order valence-electron chi connectivity index (χ2n) is 4.44. The van der Waals surface area contributed by atoms with Crippen molar-refractivity contribution < 1.29 is 14.3 Å². The van der Waals surface area contributed by atoms with Crippen LogP contribution in [0.15, 0.2) is 41.3 Å². The first-order valence-corrected chi connectivity index (χ1v) is 6.39. The van der Waals surface area contributed by atoms with Crippen molar-refractivity contribution in [2.75, 3.05) is 0 Å². The zero-order valence-corrected chi connectivity index (χ0v) is 11.2. The topological polar surface area (TPSA) is 68.3 Å². The summed E-state index contributed by atoms with van der Waals surface area (Å²) in [5, 5.41) is 10.4. The number of carbonyl (C=O) groups is 1. The van der Waals surface area contributed by atoms with E-state index in [1.165, 1.54) is 6.26 Å². The predicted octanol–water partition coefficient (Wildman–Crippen LogP) is 2.96. The van der Waals surface area contributed by atoms with Gasteiger partial charge in [0.25, 0.3) is 0 Å². The fourth-order valence-electron chi connectivity index (χ4n) is 2.25. The van der Waals surface area contributed by atoms with Crippen LogP contribution in [0.25, 0.3) is 10.9 Å². The summed E-state index contributed by atoms with van der Waals surface area (Å²) >= 11 is 5.99. The second kappa shape index (κ2) is 5.02. The number of carboxylic acids is 1. The lowest BCUT2D eigenvalue weighted by atomic mass is 10.1. The first kappa shape index (κ1) is 12.7. The van der Waals surface area contributed by atoms with Crippen LogP contribution in [-0.4, -0.2) is 20.6 Å². The number of hydrogen-bond acceptors (Lipinski definition) is 3. The van der Waals surface area contributed by atoms with Gasteiger partial charge in [0, 0.05) is 22.1 Å². The van der Waals surface area contributed by atoms with Gasteiger partial charge in [0.1, 0.15) is 6.26 Å². The van der Waals surface area contributed by atoms with E-state index in [0.29, 0.717) is 17.5 Å². The van der Waals surface area contributed by atoms with Crippen molar-refractivity contribution >= 4 is 28.5 Å². The molecule has 3 aromatic rings. The number of hydrogen-bond donors (Lipinski definition) is 1. The van der Waals surface area contributed by atoms with Crippen LogP contribution in [0.1, 0.15) is 11.5 Å². The number of carboxylic acid groups (broad SMARTS) is 1. The molecule has 2 aromatic heterocycles. The first-order valence-electron chi connectivity index (χ1n) is 6.01. The molecule has 0 amide bonds. The maximum Gasteiger partial charge on any atom is 0.307 e. The number of nitrogens with zero attached hydrogens (tertiary/aromatic N) is 2. The minimum atomic E-state index is -0.875. The number of aliphatic carboxylic acids is 1. The standard InChI is InChI=1S/C14H11ClN2O3/c15-10-1-2-12-11(6-10)9(5-14(18)19)7-17(12)8-13-16-3-4-20-13/h1-4,6-7H,5,8H2,(H,18,19). The zero-order chi connectivity index (χ0) is 14.1. The molecule has 1 N–H and O–H groups in total. The molecule has 0 unspecified atom stereocenters. The van der Waals surface area contributed by atoms with E-state index in [1.54, 1.807) is 24.5 Å². The summed E-state index contributed by atoms with van der Waals surface area (Å²) in [6, 6.07) is 5.42. The number of rotatable bonds is 4. The number of benzene rings is 1. The van der Waals surface area contributed by atoms with Gasteiger partial charge in [-0.3, -0.25) is 4.79 Å². The Balaban J connectivity index is 2.09. The lowest BCUT2D eigenvalue weighted by molar-refractivity contribution is -0.136. The average molecular weight is 291 g/mol. The van der Waals surface area contributed by atoms with Crippen molar-refractivity contribution in [2.24, 2.45) is 0 Å². The highest BCUT2D eigenvalue weighted by molar-refractivity contribution is 6.31. The molecule has 102 valence electrons. The molecule has 0 aliphatic rings. The van der Waals surface area contributed by atoms with Gasteiger partial charge in [0.2, 0.25) is 5.89 Å². The maximum atomic E-state index is 11.0. The largest absolute Gasteiger partial charge is 0.481 e. The summed E-state index contributed by atoms with van der Waals surface area (Å²) in [5.41, 5.74) is 1.63. The molecule has 0 bridgehead atoms. The van der Waals surface area contributed by atoms with E-state index in [-0.39, 0.29) is 6.42 Å². The highest BCUT2D eigenvalue weighted by Gasteiger charge is 2.13. The van der Waals surface area contributed by atoms with Crippen LogP contribution in [0.2, 0.25) is 5.02 Å². The van der Waals surface area contributed by atoms with E-state index in [2.05, 4.69) is 4.98 Å². The van der Waals surface area contributed by atoms with Crippen LogP contribution in [0.4, 0.5) is 0 Å². The van der Waals surface area contributed by atoms with Gasteiger partial charge in [-0.1, -0.05) is 11.6 Å². The predicted molar refractivity (Wildman–Crippen MR) is 73.9 cm³/mol. The summed E-state index contributed by atoms with van der Waals surface area (Å²) in [5.74, 6) is -0.307.